The van der Waals surface area contributed by atoms with Crippen molar-refractivity contribution in [2.75, 3.05) is 13.1 Å². The minimum Gasteiger partial charge on any atom is -0.326 e. The Morgan fingerprint density at radius 2 is 2.10 bits per heavy atom. The summed E-state index contributed by atoms with van der Waals surface area (Å²) in [6, 6.07) is 4.92. The number of halogens is 1. The molecule has 0 bridgehead atoms. The molecular formula is C11H15ClN4O2S2. The van der Waals surface area contributed by atoms with Crippen LogP contribution < -0.4 is 5.73 Å². The van der Waals surface area contributed by atoms with Crippen LogP contribution in [0.4, 0.5) is 0 Å². The Kier molecular flexibility index (Phi) is 4.31. The van der Waals surface area contributed by atoms with Gasteiger partial charge in [0.05, 0.1) is 11.7 Å². The summed E-state index contributed by atoms with van der Waals surface area (Å²) in [6.45, 7) is 2.78. The van der Waals surface area contributed by atoms with E-state index < -0.39 is 10.0 Å². The molecule has 0 amide bonds. The zero-order valence-electron chi connectivity index (χ0n) is 10.8. The maximum atomic E-state index is 12.6. The molecule has 2 unspecified atom stereocenters. The van der Waals surface area contributed by atoms with Gasteiger partial charge in [0, 0.05) is 19.1 Å². The highest BCUT2D eigenvalue weighted by Gasteiger charge is 2.36. The van der Waals surface area contributed by atoms with Crippen LogP contribution in [-0.2, 0) is 10.0 Å². The SMILES string of the molecule is CC1CN(S(=O)(=O)c2cccc3nsnc23)CC1N.Cl. The van der Waals surface area contributed by atoms with Gasteiger partial charge in [0.2, 0.25) is 10.0 Å². The number of hydrogen-bond donors (Lipinski definition) is 1. The molecular weight excluding hydrogens is 320 g/mol. The van der Waals surface area contributed by atoms with E-state index in [1.54, 1.807) is 18.2 Å². The van der Waals surface area contributed by atoms with E-state index in [1.807, 2.05) is 6.92 Å². The first-order valence-electron chi connectivity index (χ1n) is 5.97. The predicted octanol–water partition coefficient (Wildman–Crippen LogP) is 1.08. The van der Waals surface area contributed by atoms with Crippen LogP contribution in [0.5, 0.6) is 0 Å². The highest BCUT2D eigenvalue weighted by atomic mass is 35.5. The number of fused-ring (bicyclic) bond motifs is 1. The largest absolute Gasteiger partial charge is 0.326 e. The number of hydrogen-bond acceptors (Lipinski definition) is 6. The highest BCUT2D eigenvalue weighted by Crippen LogP contribution is 2.27. The molecule has 2 heterocycles. The van der Waals surface area contributed by atoms with Gasteiger partial charge in [0.25, 0.3) is 0 Å². The van der Waals surface area contributed by atoms with Gasteiger partial charge in [0.1, 0.15) is 15.9 Å². The van der Waals surface area contributed by atoms with Gasteiger partial charge >= 0.3 is 0 Å². The van der Waals surface area contributed by atoms with Crippen molar-refractivity contribution in [2.45, 2.75) is 17.9 Å². The predicted molar refractivity (Wildman–Crippen MR) is 80.6 cm³/mol. The lowest BCUT2D eigenvalue weighted by Gasteiger charge is -2.16. The van der Waals surface area contributed by atoms with Gasteiger partial charge in [-0.05, 0) is 18.1 Å². The molecule has 0 aliphatic carbocycles. The quantitative estimate of drug-likeness (QED) is 0.887. The lowest BCUT2D eigenvalue weighted by Crippen LogP contribution is -2.32. The van der Waals surface area contributed by atoms with Gasteiger partial charge in [-0.25, -0.2) is 8.42 Å². The molecule has 20 heavy (non-hydrogen) atoms. The normalized spacial score (nSPS) is 23.9. The smallest absolute Gasteiger partial charge is 0.245 e. The first-order chi connectivity index (χ1) is 9.00. The van der Waals surface area contributed by atoms with Crippen molar-refractivity contribution in [3.8, 4) is 0 Å². The third kappa shape index (κ3) is 2.42. The molecule has 6 nitrogen and oxygen atoms in total. The van der Waals surface area contributed by atoms with Gasteiger partial charge in [-0.2, -0.15) is 13.1 Å². The van der Waals surface area contributed by atoms with Crippen LogP contribution in [0.3, 0.4) is 0 Å². The summed E-state index contributed by atoms with van der Waals surface area (Å²) in [5.41, 5.74) is 6.96. The van der Waals surface area contributed by atoms with Crippen molar-refractivity contribution in [3.05, 3.63) is 18.2 Å². The van der Waals surface area contributed by atoms with Gasteiger partial charge < -0.3 is 5.73 Å². The summed E-state index contributed by atoms with van der Waals surface area (Å²) in [4.78, 5) is 0.222. The topological polar surface area (TPSA) is 89.2 Å². The van der Waals surface area contributed by atoms with Crippen LogP contribution in [0.25, 0.3) is 11.0 Å². The summed E-state index contributed by atoms with van der Waals surface area (Å²) >= 11 is 1.02. The monoisotopic (exact) mass is 334 g/mol. The maximum absolute atomic E-state index is 12.6. The van der Waals surface area contributed by atoms with Crippen LogP contribution in [0.1, 0.15) is 6.92 Å². The van der Waals surface area contributed by atoms with Crippen LogP contribution >= 0.6 is 24.1 Å². The number of rotatable bonds is 2. The van der Waals surface area contributed by atoms with Gasteiger partial charge in [-0.3, -0.25) is 0 Å². The molecule has 2 N–H and O–H groups in total. The van der Waals surface area contributed by atoms with E-state index in [0.29, 0.717) is 24.1 Å². The molecule has 1 aliphatic heterocycles. The molecule has 1 saturated heterocycles. The molecule has 110 valence electrons. The second-order valence-electron chi connectivity index (χ2n) is 4.85. The lowest BCUT2D eigenvalue weighted by molar-refractivity contribution is 0.465. The van der Waals surface area contributed by atoms with Crippen molar-refractivity contribution in [3.63, 3.8) is 0 Å². The van der Waals surface area contributed by atoms with Gasteiger partial charge in [0.15, 0.2) is 0 Å². The van der Waals surface area contributed by atoms with E-state index in [9.17, 15) is 8.42 Å². The molecule has 2 aromatic rings. The zero-order chi connectivity index (χ0) is 13.6. The molecule has 0 spiro atoms. The van der Waals surface area contributed by atoms with Gasteiger partial charge in [-0.1, -0.05) is 13.0 Å². The molecule has 0 saturated carbocycles. The van der Waals surface area contributed by atoms with Crippen LogP contribution in [0.15, 0.2) is 23.1 Å². The average Bonchev–Trinajstić information content (AvgIpc) is 2.96. The fourth-order valence-corrected chi connectivity index (χ4v) is 4.60. The van der Waals surface area contributed by atoms with E-state index in [4.69, 9.17) is 5.73 Å². The molecule has 2 atom stereocenters. The second-order valence-corrected chi connectivity index (χ2v) is 7.29. The fourth-order valence-electron chi connectivity index (χ4n) is 2.27. The highest BCUT2D eigenvalue weighted by molar-refractivity contribution is 7.89. The minimum absolute atomic E-state index is 0. The summed E-state index contributed by atoms with van der Waals surface area (Å²) in [5.74, 6) is 0.169. The average molecular weight is 335 g/mol. The van der Waals surface area contributed by atoms with Crippen molar-refractivity contribution in [2.24, 2.45) is 11.7 Å². The van der Waals surface area contributed by atoms with Gasteiger partial charge in [-0.15, -0.1) is 12.4 Å². The van der Waals surface area contributed by atoms with Crippen molar-refractivity contribution in [1.29, 1.82) is 0 Å². The second kappa shape index (κ2) is 5.53. The molecule has 1 aliphatic rings. The van der Waals surface area contributed by atoms with E-state index in [1.165, 1.54) is 4.31 Å². The molecule has 9 heteroatoms. The van der Waals surface area contributed by atoms with E-state index in [0.717, 1.165) is 11.7 Å². The molecule has 1 fully saturated rings. The Labute approximate surface area is 127 Å². The van der Waals surface area contributed by atoms with Crippen molar-refractivity contribution < 1.29 is 8.42 Å². The first-order valence-corrected chi connectivity index (χ1v) is 8.14. The Balaban J connectivity index is 0.00000147. The number of nitrogens with two attached hydrogens (primary N) is 1. The number of nitrogens with zero attached hydrogens (tertiary/aromatic N) is 3. The Bertz CT molecular complexity index is 708. The lowest BCUT2D eigenvalue weighted by atomic mass is 10.1. The summed E-state index contributed by atoms with van der Waals surface area (Å²) < 4.78 is 34.9. The number of aromatic nitrogens is 2. The molecule has 1 aromatic heterocycles. The summed E-state index contributed by atoms with van der Waals surface area (Å²) in [7, 11) is -3.54. The zero-order valence-corrected chi connectivity index (χ0v) is 13.2. The van der Waals surface area contributed by atoms with Crippen LogP contribution in [0, 0.1) is 5.92 Å². The molecule has 1 aromatic carbocycles. The first kappa shape index (κ1) is 15.6. The molecule has 3 rings (SSSR count). The van der Waals surface area contributed by atoms with Crippen LogP contribution in [-0.4, -0.2) is 40.6 Å². The van der Waals surface area contributed by atoms with Crippen LogP contribution in [0.2, 0.25) is 0 Å². The number of benzene rings is 1. The number of sulfonamides is 1. The Morgan fingerprint density at radius 3 is 2.75 bits per heavy atom. The minimum atomic E-state index is -3.54. The Hall–Kier alpha value is -0.800. The Morgan fingerprint density at radius 1 is 1.35 bits per heavy atom. The van der Waals surface area contributed by atoms with E-state index in [-0.39, 0.29) is 29.3 Å². The summed E-state index contributed by atoms with van der Waals surface area (Å²) in [5, 5.41) is 0. The summed E-state index contributed by atoms with van der Waals surface area (Å²) in [6.07, 6.45) is 0. The third-order valence-electron chi connectivity index (χ3n) is 3.50. The fraction of sp³-hybridized carbons (Fsp3) is 0.455. The standard InChI is InChI=1S/C11H14N4O2S2.ClH/c1-7-5-15(6-8(7)12)19(16,17)10-4-2-3-9-11(10)14-18-13-9;/h2-4,7-8H,5-6,12H2,1H3;1H. The van der Waals surface area contributed by atoms with E-state index in [2.05, 4.69) is 8.75 Å². The van der Waals surface area contributed by atoms with Crippen molar-refractivity contribution >= 4 is 45.2 Å². The maximum Gasteiger partial charge on any atom is 0.245 e. The van der Waals surface area contributed by atoms with Crippen molar-refractivity contribution in [1.82, 2.24) is 13.1 Å². The third-order valence-corrected chi connectivity index (χ3v) is 5.91. The van der Waals surface area contributed by atoms with E-state index >= 15 is 0 Å². The molecule has 0 radical (unpaired) electrons.